The Kier molecular flexibility index (Phi) is 4.30. The maximum atomic E-state index is 11.5. The predicted molar refractivity (Wildman–Crippen MR) is 74.4 cm³/mol. The van der Waals surface area contributed by atoms with Gasteiger partial charge >= 0.3 is 0 Å². The first kappa shape index (κ1) is 13.3. The molecule has 0 saturated heterocycles. The maximum absolute atomic E-state index is 11.5. The molecule has 0 radical (unpaired) electrons. The van der Waals surface area contributed by atoms with Crippen LogP contribution in [0.1, 0.15) is 5.56 Å². The number of hydrogen-bond acceptors (Lipinski definition) is 3. The highest BCUT2D eigenvalue weighted by Crippen LogP contribution is 2.20. The standard InChI is InChI=1S/C14H18N4O/c1-18(2)13(19)10-15-8-12-9-16-17-14(12)11-6-4-3-5-7-11/h3-7,9,15H,8,10H2,1-2H3,(H,16,17). The second kappa shape index (κ2) is 6.15. The largest absolute Gasteiger partial charge is 0.348 e. The van der Waals surface area contributed by atoms with Crippen LogP contribution in [-0.2, 0) is 11.3 Å². The van der Waals surface area contributed by atoms with Crippen LogP contribution in [0.2, 0.25) is 0 Å². The van der Waals surface area contributed by atoms with Gasteiger partial charge in [-0.1, -0.05) is 30.3 Å². The van der Waals surface area contributed by atoms with E-state index in [0.29, 0.717) is 13.1 Å². The lowest BCUT2D eigenvalue weighted by atomic mass is 10.1. The number of aromatic amines is 1. The molecule has 1 amide bonds. The molecule has 2 aromatic rings. The molecule has 1 aromatic carbocycles. The van der Waals surface area contributed by atoms with Crippen LogP contribution in [0.25, 0.3) is 11.3 Å². The van der Waals surface area contributed by atoms with E-state index in [-0.39, 0.29) is 5.91 Å². The Bertz CT molecular complexity index is 533. The lowest BCUT2D eigenvalue weighted by molar-refractivity contribution is -0.127. The number of amides is 1. The van der Waals surface area contributed by atoms with Gasteiger partial charge < -0.3 is 10.2 Å². The van der Waals surface area contributed by atoms with Crippen molar-refractivity contribution >= 4 is 5.91 Å². The van der Waals surface area contributed by atoms with E-state index < -0.39 is 0 Å². The average molecular weight is 258 g/mol. The van der Waals surface area contributed by atoms with Crippen LogP contribution >= 0.6 is 0 Å². The summed E-state index contributed by atoms with van der Waals surface area (Å²) in [6.45, 7) is 0.937. The van der Waals surface area contributed by atoms with Crippen LogP contribution in [0.4, 0.5) is 0 Å². The van der Waals surface area contributed by atoms with Crippen molar-refractivity contribution in [1.29, 1.82) is 0 Å². The van der Waals surface area contributed by atoms with Crippen molar-refractivity contribution in [3.8, 4) is 11.3 Å². The fourth-order valence-electron chi connectivity index (χ4n) is 1.76. The minimum absolute atomic E-state index is 0.0600. The number of carbonyl (C=O) groups excluding carboxylic acids is 1. The van der Waals surface area contributed by atoms with Gasteiger partial charge in [-0.2, -0.15) is 5.10 Å². The Hall–Kier alpha value is -2.14. The molecule has 2 N–H and O–H groups in total. The summed E-state index contributed by atoms with van der Waals surface area (Å²) in [5.41, 5.74) is 3.14. The number of aromatic nitrogens is 2. The van der Waals surface area contributed by atoms with Crippen molar-refractivity contribution in [3.63, 3.8) is 0 Å². The van der Waals surface area contributed by atoms with E-state index >= 15 is 0 Å². The molecule has 0 bridgehead atoms. The Morgan fingerprint density at radius 2 is 2.05 bits per heavy atom. The summed E-state index contributed by atoms with van der Waals surface area (Å²) >= 11 is 0. The molecular weight excluding hydrogens is 240 g/mol. The molecule has 1 heterocycles. The summed E-state index contributed by atoms with van der Waals surface area (Å²) < 4.78 is 0. The van der Waals surface area contributed by atoms with Crippen LogP contribution in [-0.4, -0.2) is 41.6 Å². The minimum Gasteiger partial charge on any atom is -0.348 e. The number of hydrogen-bond donors (Lipinski definition) is 2. The minimum atomic E-state index is 0.0600. The van der Waals surface area contributed by atoms with Crippen LogP contribution in [0, 0.1) is 0 Å². The summed E-state index contributed by atoms with van der Waals surface area (Å²) in [4.78, 5) is 13.0. The van der Waals surface area contributed by atoms with Crippen LogP contribution < -0.4 is 5.32 Å². The smallest absolute Gasteiger partial charge is 0.236 e. The molecule has 0 aliphatic carbocycles. The molecule has 0 saturated carbocycles. The maximum Gasteiger partial charge on any atom is 0.236 e. The van der Waals surface area contributed by atoms with E-state index in [9.17, 15) is 4.79 Å². The van der Waals surface area contributed by atoms with Crippen LogP contribution in [0.3, 0.4) is 0 Å². The number of likely N-dealkylation sites (N-methyl/N-ethyl adjacent to an activating group) is 1. The number of rotatable bonds is 5. The molecule has 19 heavy (non-hydrogen) atoms. The van der Waals surface area contributed by atoms with Gasteiger partial charge in [0.1, 0.15) is 0 Å². The summed E-state index contributed by atoms with van der Waals surface area (Å²) in [7, 11) is 3.49. The van der Waals surface area contributed by atoms with Crippen molar-refractivity contribution < 1.29 is 4.79 Å². The van der Waals surface area contributed by atoms with E-state index in [0.717, 1.165) is 16.8 Å². The third kappa shape index (κ3) is 3.42. The third-order valence-electron chi connectivity index (χ3n) is 2.87. The quantitative estimate of drug-likeness (QED) is 0.848. The third-order valence-corrected chi connectivity index (χ3v) is 2.87. The number of H-pyrrole nitrogens is 1. The highest BCUT2D eigenvalue weighted by Gasteiger charge is 2.08. The van der Waals surface area contributed by atoms with Gasteiger partial charge in [-0.3, -0.25) is 9.89 Å². The summed E-state index contributed by atoms with van der Waals surface area (Å²) in [5, 5.41) is 10.2. The van der Waals surface area contributed by atoms with Gasteiger partial charge in [0, 0.05) is 26.2 Å². The zero-order valence-corrected chi connectivity index (χ0v) is 11.2. The summed E-state index contributed by atoms with van der Waals surface area (Å²) in [6.07, 6.45) is 1.79. The van der Waals surface area contributed by atoms with Crippen molar-refractivity contribution in [2.75, 3.05) is 20.6 Å². The highest BCUT2D eigenvalue weighted by atomic mass is 16.2. The molecule has 0 aliphatic rings. The van der Waals surface area contributed by atoms with Gasteiger partial charge in [-0.15, -0.1) is 0 Å². The molecule has 100 valence electrons. The molecule has 5 heteroatoms. The molecule has 0 atom stereocenters. The van der Waals surface area contributed by atoms with Crippen molar-refractivity contribution in [2.45, 2.75) is 6.54 Å². The van der Waals surface area contributed by atoms with Gasteiger partial charge in [-0.05, 0) is 5.56 Å². The van der Waals surface area contributed by atoms with Crippen molar-refractivity contribution in [1.82, 2.24) is 20.4 Å². The normalized spacial score (nSPS) is 10.4. The molecule has 0 aliphatic heterocycles. The highest BCUT2D eigenvalue weighted by molar-refractivity contribution is 5.77. The lowest BCUT2D eigenvalue weighted by Crippen LogP contribution is -2.32. The van der Waals surface area contributed by atoms with Gasteiger partial charge in [-0.25, -0.2) is 0 Å². The monoisotopic (exact) mass is 258 g/mol. The molecule has 0 fully saturated rings. The topological polar surface area (TPSA) is 61.0 Å². The predicted octanol–water partition coefficient (Wildman–Crippen LogP) is 1.25. The van der Waals surface area contributed by atoms with Crippen molar-refractivity contribution in [2.24, 2.45) is 0 Å². The van der Waals surface area contributed by atoms with Crippen LogP contribution in [0.5, 0.6) is 0 Å². The van der Waals surface area contributed by atoms with E-state index in [1.165, 1.54) is 0 Å². The molecule has 5 nitrogen and oxygen atoms in total. The summed E-state index contributed by atoms with van der Waals surface area (Å²) in [5.74, 6) is 0.0600. The molecule has 2 rings (SSSR count). The number of carbonyl (C=O) groups is 1. The van der Waals surface area contributed by atoms with Gasteiger partial charge in [0.15, 0.2) is 0 Å². The zero-order chi connectivity index (χ0) is 13.7. The first-order valence-electron chi connectivity index (χ1n) is 6.17. The SMILES string of the molecule is CN(C)C(=O)CNCc1cn[nH]c1-c1ccccc1. The van der Waals surface area contributed by atoms with Crippen LogP contribution in [0.15, 0.2) is 36.5 Å². The van der Waals surface area contributed by atoms with Crippen molar-refractivity contribution in [3.05, 3.63) is 42.1 Å². The van der Waals surface area contributed by atoms with E-state index in [1.54, 1.807) is 25.2 Å². The van der Waals surface area contributed by atoms with E-state index in [4.69, 9.17) is 0 Å². The molecule has 0 unspecified atom stereocenters. The Morgan fingerprint density at radius 1 is 1.32 bits per heavy atom. The average Bonchev–Trinajstić information content (AvgIpc) is 2.88. The Morgan fingerprint density at radius 3 is 2.74 bits per heavy atom. The molecule has 1 aromatic heterocycles. The zero-order valence-electron chi connectivity index (χ0n) is 11.2. The lowest BCUT2D eigenvalue weighted by Gasteiger charge is -2.11. The van der Waals surface area contributed by atoms with Gasteiger partial charge in [0.2, 0.25) is 5.91 Å². The second-order valence-corrected chi connectivity index (χ2v) is 4.53. The summed E-state index contributed by atoms with van der Waals surface area (Å²) in [6, 6.07) is 10.0. The number of benzene rings is 1. The Labute approximate surface area is 112 Å². The Balaban J connectivity index is 1.99. The first-order chi connectivity index (χ1) is 9.18. The number of nitrogens with one attached hydrogen (secondary N) is 2. The fraction of sp³-hybridized carbons (Fsp3) is 0.286. The van der Waals surface area contributed by atoms with E-state index in [2.05, 4.69) is 15.5 Å². The molecular formula is C14H18N4O. The van der Waals surface area contributed by atoms with Gasteiger partial charge in [0.05, 0.1) is 18.4 Å². The first-order valence-corrected chi connectivity index (χ1v) is 6.17. The number of nitrogens with zero attached hydrogens (tertiary/aromatic N) is 2. The van der Waals surface area contributed by atoms with Gasteiger partial charge in [0.25, 0.3) is 0 Å². The fourth-order valence-corrected chi connectivity index (χ4v) is 1.76. The second-order valence-electron chi connectivity index (χ2n) is 4.53. The molecule has 0 spiro atoms. The van der Waals surface area contributed by atoms with E-state index in [1.807, 2.05) is 30.3 Å².